The lowest BCUT2D eigenvalue weighted by Crippen LogP contribution is -2.26. The number of carboxylic acid groups (broad SMARTS) is 1. The number of hydrogen-bond acceptors (Lipinski definition) is 5. The van der Waals surface area contributed by atoms with E-state index in [0.717, 1.165) is 11.5 Å². The molecule has 0 fully saturated rings. The van der Waals surface area contributed by atoms with Gasteiger partial charge < -0.3 is 10.0 Å². The standard InChI is InChI=1S/C13H13N3O3S/c1-3-10-11(20-15-14-10)12(17)16(2)9-6-4-8(5-7-9)13(18)19/h4-7H,3H2,1-2H3,(H,18,19). The van der Waals surface area contributed by atoms with E-state index in [9.17, 15) is 9.59 Å². The van der Waals surface area contributed by atoms with Gasteiger partial charge in [0.15, 0.2) is 0 Å². The zero-order chi connectivity index (χ0) is 14.7. The van der Waals surface area contributed by atoms with Gasteiger partial charge in [-0.2, -0.15) is 0 Å². The third kappa shape index (κ3) is 2.67. The number of aromatic nitrogens is 2. The van der Waals surface area contributed by atoms with Crippen molar-refractivity contribution in [3.8, 4) is 0 Å². The predicted molar refractivity (Wildman–Crippen MR) is 75.4 cm³/mol. The molecule has 0 aliphatic heterocycles. The molecule has 0 radical (unpaired) electrons. The Hall–Kier alpha value is -2.28. The second kappa shape index (κ2) is 5.79. The van der Waals surface area contributed by atoms with Crippen LogP contribution in [0.1, 0.15) is 32.6 Å². The molecule has 7 heteroatoms. The molecular weight excluding hydrogens is 278 g/mol. The maximum atomic E-state index is 12.3. The van der Waals surface area contributed by atoms with Crippen molar-refractivity contribution in [1.82, 2.24) is 9.59 Å². The van der Waals surface area contributed by atoms with Crippen LogP contribution in [0.15, 0.2) is 24.3 Å². The van der Waals surface area contributed by atoms with Gasteiger partial charge in [-0.3, -0.25) is 4.79 Å². The summed E-state index contributed by atoms with van der Waals surface area (Å²) in [4.78, 5) is 25.1. The summed E-state index contributed by atoms with van der Waals surface area (Å²) in [5, 5.41) is 12.8. The Balaban J connectivity index is 2.24. The van der Waals surface area contributed by atoms with Gasteiger partial charge in [0.05, 0.1) is 11.3 Å². The molecule has 0 spiro atoms. The number of aryl methyl sites for hydroxylation is 1. The highest BCUT2D eigenvalue weighted by Gasteiger charge is 2.20. The average Bonchev–Trinajstić information content (AvgIpc) is 2.94. The molecule has 1 amide bonds. The smallest absolute Gasteiger partial charge is 0.335 e. The highest BCUT2D eigenvalue weighted by Crippen LogP contribution is 2.20. The first kappa shape index (κ1) is 14.1. The molecule has 0 unspecified atom stereocenters. The molecule has 2 rings (SSSR count). The fourth-order valence-electron chi connectivity index (χ4n) is 1.70. The van der Waals surface area contributed by atoms with Crippen LogP contribution in [0.2, 0.25) is 0 Å². The van der Waals surface area contributed by atoms with Gasteiger partial charge in [-0.1, -0.05) is 11.4 Å². The number of carbonyl (C=O) groups excluding carboxylic acids is 1. The molecule has 104 valence electrons. The minimum absolute atomic E-state index is 0.184. The van der Waals surface area contributed by atoms with Crippen LogP contribution in [-0.4, -0.2) is 33.6 Å². The van der Waals surface area contributed by atoms with Gasteiger partial charge in [-0.15, -0.1) is 5.10 Å². The lowest BCUT2D eigenvalue weighted by molar-refractivity contribution is 0.0696. The molecule has 1 aromatic heterocycles. The Kier molecular flexibility index (Phi) is 4.09. The first-order valence-corrected chi connectivity index (χ1v) is 6.74. The number of anilines is 1. The van der Waals surface area contributed by atoms with E-state index < -0.39 is 5.97 Å². The van der Waals surface area contributed by atoms with Gasteiger partial charge in [0, 0.05) is 12.7 Å². The lowest BCUT2D eigenvalue weighted by Gasteiger charge is -2.16. The number of nitrogens with zero attached hydrogens (tertiary/aromatic N) is 3. The summed E-state index contributed by atoms with van der Waals surface area (Å²) in [5.41, 5.74) is 1.48. The molecule has 0 aliphatic carbocycles. The zero-order valence-corrected chi connectivity index (χ0v) is 11.8. The predicted octanol–water partition coefficient (Wildman–Crippen LogP) is 2.08. The van der Waals surface area contributed by atoms with Crippen LogP contribution >= 0.6 is 11.5 Å². The second-order valence-corrected chi connectivity index (χ2v) is 4.87. The van der Waals surface area contributed by atoms with Crippen LogP contribution in [0.3, 0.4) is 0 Å². The third-order valence-electron chi connectivity index (χ3n) is 2.89. The molecule has 2 aromatic rings. The van der Waals surface area contributed by atoms with Crippen molar-refractivity contribution in [3.63, 3.8) is 0 Å². The summed E-state index contributed by atoms with van der Waals surface area (Å²) in [6, 6.07) is 6.13. The molecule has 0 saturated heterocycles. The van der Waals surface area contributed by atoms with Crippen molar-refractivity contribution in [2.75, 3.05) is 11.9 Å². The molecule has 1 heterocycles. The summed E-state index contributed by atoms with van der Waals surface area (Å²) >= 11 is 1.07. The quantitative estimate of drug-likeness (QED) is 0.932. The number of amides is 1. The molecule has 20 heavy (non-hydrogen) atoms. The summed E-state index contributed by atoms with van der Waals surface area (Å²) in [7, 11) is 1.64. The minimum Gasteiger partial charge on any atom is -0.478 e. The van der Waals surface area contributed by atoms with Crippen LogP contribution in [-0.2, 0) is 6.42 Å². The summed E-state index contributed by atoms with van der Waals surface area (Å²) < 4.78 is 3.79. The number of aromatic carboxylic acids is 1. The maximum Gasteiger partial charge on any atom is 0.335 e. The van der Waals surface area contributed by atoms with Crippen molar-refractivity contribution in [1.29, 1.82) is 0 Å². The van der Waals surface area contributed by atoms with Crippen molar-refractivity contribution in [3.05, 3.63) is 40.4 Å². The van der Waals surface area contributed by atoms with E-state index >= 15 is 0 Å². The summed E-state index contributed by atoms with van der Waals surface area (Å²) in [5.74, 6) is -1.19. The van der Waals surface area contributed by atoms with Gasteiger partial charge in [-0.05, 0) is 42.2 Å². The van der Waals surface area contributed by atoms with Crippen LogP contribution in [0, 0.1) is 0 Å². The first-order valence-electron chi connectivity index (χ1n) is 5.97. The fraction of sp³-hybridized carbons (Fsp3) is 0.231. The van der Waals surface area contributed by atoms with E-state index in [1.54, 1.807) is 19.2 Å². The van der Waals surface area contributed by atoms with Gasteiger partial charge in [-0.25, -0.2) is 4.79 Å². The maximum absolute atomic E-state index is 12.3. The number of benzene rings is 1. The lowest BCUT2D eigenvalue weighted by atomic mass is 10.2. The van der Waals surface area contributed by atoms with Crippen LogP contribution in [0.5, 0.6) is 0 Å². The van der Waals surface area contributed by atoms with Crippen molar-refractivity contribution >= 4 is 29.1 Å². The molecule has 6 nitrogen and oxygen atoms in total. The Labute approximate surface area is 119 Å². The summed E-state index contributed by atoms with van der Waals surface area (Å²) in [6.45, 7) is 1.91. The molecule has 0 saturated carbocycles. The van der Waals surface area contributed by atoms with Gasteiger partial charge in [0.25, 0.3) is 5.91 Å². The molecule has 1 N–H and O–H groups in total. The Morgan fingerprint density at radius 3 is 2.50 bits per heavy atom. The van der Waals surface area contributed by atoms with E-state index in [2.05, 4.69) is 9.59 Å². The van der Waals surface area contributed by atoms with Crippen molar-refractivity contribution < 1.29 is 14.7 Å². The second-order valence-electron chi connectivity index (χ2n) is 4.12. The zero-order valence-electron chi connectivity index (χ0n) is 11.0. The van der Waals surface area contributed by atoms with E-state index in [1.165, 1.54) is 17.0 Å². The van der Waals surface area contributed by atoms with Crippen LogP contribution < -0.4 is 4.90 Å². The molecule has 0 atom stereocenters. The molecular formula is C13H13N3O3S. The van der Waals surface area contributed by atoms with Crippen molar-refractivity contribution in [2.45, 2.75) is 13.3 Å². The highest BCUT2D eigenvalue weighted by molar-refractivity contribution is 7.08. The number of carboxylic acids is 1. The molecule has 1 aromatic carbocycles. The minimum atomic E-state index is -0.995. The summed E-state index contributed by atoms with van der Waals surface area (Å²) in [6.07, 6.45) is 0.642. The number of hydrogen-bond donors (Lipinski definition) is 1. The normalized spacial score (nSPS) is 10.3. The molecule has 0 bridgehead atoms. The first-order chi connectivity index (χ1) is 9.54. The van der Waals surface area contributed by atoms with Gasteiger partial charge in [0.1, 0.15) is 4.88 Å². The van der Waals surface area contributed by atoms with E-state index in [4.69, 9.17) is 5.11 Å². The van der Waals surface area contributed by atoms with Crippen LogP contribution in [0.4, 0.5) is 5.69 Å². The Bertz CT molecular complexity index is 637. The topological polar surface area (TPSA) is 83.4 Å². The highest BCUT2D eigenvalue weighted by atomic mass is 32.1. The van der Waals surface area contributed by atoms with E-state index in [0.29, 0.717) is 22.7 Å². The largest absolute Gasteiger partial charge is 0.478 e. The van der Waals surface area contributed by atoms with Crippen molar-refractivity contribution in [2.24, 2.45) is 0 Å². The van der Waals surface area contributed by atoms with Gasteiger partial charge >= 0.3 is 5.97 Å². The number of carbonyl (C=O) groups is 2. The van der Waals surface area contributed by atoms with Crippen LogP contribution in [0.25, 0.3) is 0 Å². The fourth-order valence-corrected chi connectivity index (χ4v) is 2.43. The monoisotopic (exact) mass is 291 g/mol. The third-order valence-corrected chi connectivity index (χ3v) is 3.65. The van der Waals surface area contributed by atoms with E-state index in [1.807, 2.05) is 6.92 Å². The Morgan fingerprint density at radius 2 is 1.95 bits per heavy atom. The van der Waals surface area contributed by atoms with E-state index in [-0.39, 0.29) is 11.5 Å². The number of rotatable bonds is 4. The molecule has 0 aliphatic rings. The van der Waals surface area contributed by atoms with Gasteiger partial charge in [0.2, 0.25) is 0 Å². The Morgan fingerprint density at radius 1 is 1.30 bits per heavy atom. The SMILES string of the molecule is CCc1nnsc1C(=O)N(C)c1ccc(C(=O)O)cc1. The average molecular weight is 291 g/mol.